The fourth-order valence-corrected chi connectivity index (χ4v) is 3.93. The second kappa shape index (κ2) is 8.00. The molecule has 0 aliphatic rings. The summed E-state index contributed by atoms with van der Waals surface area (Å²) in [6.45, 7) is 0.652. The molecule has 0 spiro atoms. The first-order valence-electron chi connectivity index (χ1n) is 7.32. The number of carbonyl (C=O) groups excluding carboxylic acids is 1. The number of benzene rings is 1. The first-order valence-corrected chi connectivity index (χ1v) is 9.98. The zero-order valence-electron chi connectivity index (χ0n) is 13.0. The van der Waals surface area contributed by atoms with E-state index in [1.165, 1.54) is 16.6 Å². The lowest BCUT2D eigenvalue weighted by atomic mass is 10.2. The Morgan fingerprint density at radius 1 is 1.33 bits per heavy atom. The highest BCUT2D eigenvalue weighted by Crippen LogP contribution is 2.23. The molecule has 0 aliphatic heterocycles. The molecule has 0 radical (unpaired) electrons. The summed E-state index contributed by atoms with van der Waals surface area (Å²) in [6.07, 6.45) is 1.80. The number of halogens is 1. The summed E-state index contributed by atoms with van der Waals surface area (Å²) >= 11 is 6.51. The number of aromatic amines is 1. The smallest absolute Gasteiger partial charge is 0.233 e. The Morgan fingerprint density at radius 2 is 2.12 bits per heavy atom. The summed E-state index contributed by atoms with van der Waals surface area (Å²) in [5, 5.41) is 2.78. The predicted octanol–water partition coefficient (Wildman–Crippen LogP) is 4.65. The van der Waals surface area contributed by atoms with Gasteiger partial charge >= 0.3 is 0 Å². The van der Waals surface area contributed by atoms with Gasteiger partial charge in [0.05, 0.1) is 24.2 Å². The minimum atomic E-state index is 0.0926. The van der Waals surface area contributed by atoms with E-state index in [4.69, 9.17) is 0 Å². The van der Waals surface area contributed by atoms with Gasteiger partial charge < -0.3 is 9.88 Å². The van der Waals surface area contributed by atoms with E-state index in [1.807, 2.05) is 48.8 Å². The van der Waals surface area contributed by atoms with Gasteiger partial charge in [0.25, 0.3) is 0 Å². The summed E-state index contributed by atoms with van der Waals surface area (Å²) in [7, 11) is 1.83. The molecular formula is C17H16BrN3OS2. The number of hydrogen-bond donors (Lipinski definition) is 1. The van der Waals surface area contributed by atoms with Gasteiger partial charge in [-0.1, -0.05) is 45.9 Å². The third-order valence-corrected chi connectivity index (χ3v) is 5.70. The van der Waals surface area contributed by atoms with Gasteiger partial charge in [0.1, 0.15) is 0 Å². The first-order chi connectivity index (χ1) is 11.6. The second-order valence-electron chi connectivity index (χ2n) is 5.23. The Bertz CT molecular complexity index is 800. The zero-order valence-corrected chi connectivity index (χ0v) is 16.2. The largest absolute Gasteiger partial charge is 0.340 e. The van der Waals surface area contributed by atoms with Crippen LogP contribution in [-0.2, 0) is 11.3 Å². The number of nitrogens with zero attached hydrogens (tertiary/aromatic N) is 2. The highest BCUT2D eigenvalue weighted by Gasteiger charge is 2.12. The Hall–Kier alpha value is -1.57. The number of aromatic nitrogens is 2. The van der Waals surface area contributed by atoms with Gasteiger partial charge in [0, 0.05) is 16.4 Å². The summed E-state index contributed by atoms with van der Waals surface area (Å²) in [4.78, 5) is 22.8. The molecule has 3 aromatic rings. The first kappa shape index (κ1) is 17.3. The molecule has 1 N–H and O–H groups in total. The normalized spacial score (nSPS) is 10.8. The lowest BCUT2D eigenvalue weighted by Gasteiger charge is -2.15. The van der Waals surface area contributed by atoms with Crippen molar-refractivity contribution in [3.8, 4) is 11.3 Å². The molecule has 0 unspecified atom stereocenters. The number of rotatable bonds is 6. The van der Waals surface area contributed by atoms with Crippen LogP contribution < -0.4 is 0 Å². The molecular weight excluding hydrogens is 406 g/mol. The maximum atomic E-state index is 12.2. The van der Waals surface area contributed by atoms with Crippen LogP contribution in [0.3, 0.4) is 0 Å². The van der Waals surface area contributed by atoms with Crippen molar-refractivity contribution in [1.29, 1.82) is 0 Å². The van der Waals surface area contributed by atoms with Crippen molar-refractivity contribution in [2.45, 2.75) is 11.7 Å². The molecule has 2 aromatic heterocycles. The van der Waals surface area contributed by atoms with Crippen molar-refractivity contribution in [2.24, 2.45) is 0 Å². The van der Waals surface area contributed by atoms with Crippen LogP contribution in [0.5, 0.6) is 0 Å². The minimum Gasteiger partial charge on any atom is -0.340 e. The SMILES string of the molecule is CN(Cc1cccs1)C(=O)CSc1ncc(-c2ccc(Br)cc2)[nH]1. The number of carbonyl (C=O) groups is 1. The van der Waals surface area contributed by atoms with Crippen LogP contribution in [0.2, 0.25) is 0 Å². The fourth-order valence-electron chi connectivity index (χ4n) is 2.12. The van der Waals surface area contributed by atoms with Crippen LogP contribution in [0, 0.1) is 0 Å². The van der Waals surface area contributed by atoms with Crippen molar-refractivity contribution in [2.75, 3.05) is 12.8 Å². The lowest BCUT2D eigenvalue weighted by molar-refractivity contribution is -0.127. The highest BCUT2D eigenvalue weighted by molar-refractivity contribution is 9.10. The summed E-state index contributed by atoms with van der Waals surface area (Å²) in [5.41, 5.74) is 2.02. The number of H-pyrrole nitrogens is 1. The third kappa shape index (κ3) is 4.49. The predicted molar refractivity (Wildman–Crippen MR) is 103 cm³/mol. The molecule has 1 aromatic carbocycles. The molecule has 3 rings (SSSR count). The van der Waals surface area contributed by atoms with Crippen molar-refractivity contribution in [3.05, 3.63) is 57.3 Å². The highest BCUT2D eigenvalue weighted by atomic mass is 79.9. The van der Waals surface area contributed by atoms with Crippen LogP contribution in [0.1, 0.15) is 4.88 Å². The van der Waals surface area contributed by atoms with Crippen LogP contribution in [-0.4, -0.2) is 33.6 Å². The van der Waals surface area contributed by atoms with Crippen molar-refractivity contribution < 1.29 is 4.79 Å². The molecule has 124 valence electrons. The van der Waals surface area contributed by atoms with Gasteiger partial charge in [-0.25, -0.2) is 4.98 Å². The van der Waals surface area contributed by atoms with E-state index in [-0.39, 0.29) is 5.91 Å². The molecule has 0 atom stereocenters. The number of amides is 1. The molecule has 0 fully saturated rings. The van der Waals surface area contributed by atoms with Crippen LogP contribution in [0.25, 0.3) is 11.3 Å². The molecule has 0 saturated heterocycles. The summed E-state index contributed by atoms with van der Waals surface area (Å²) in [5.74, 6) is 0.463. The van der Waals surface area contributed by atoms with Gasteiger partial charge in [-0.05, 0) is 29.1 Å². The van der Waals surface area contributed by atoms with Crippen LogP contribution in [0.4, 0.5) is 0 Å². The Morgan fingerprint density at radius 3 is 2.83 bits per heavy atom. The molecule has 2 heterocycles. The minimum absolute atomic E-state index is 0.0926. The number of hydrogen-bond acceptors (Lipinski definition) is 4. The van der Waals surface area contributed by atoms with Gasteiger partial charge in [-0.3, -0.25) is 4.79 Å². The number of nitrogens with one attached hydrogen (secondary N) is 1. The molecule has 1 amide bonds. The number of imidazole rings is 1. The molecule has 4 nitrogen and oxygen atoms in total. The van der Waals surface area contributed by atoms with Gasteiger partial charge in [0.15, 0.2) is 5.16 Å². The quantitative estimate of drug-likeness (QED) is 0.589. The lowest BCUT2D eigenvalue weighted by Crippen LogP contribution is -2.27. The van der Waals surface area contributed by atoms with E-state index >= 15 is 0 Å². The Labute approximate surface area is 157 Å². The van der Waals surface area contributed by atoms with Crippen LogP contribution >= 0.6 is 39.0 Å². The topological polar surface area (TPSA) is 49.0 Å². The maximum absolute atomic E-state index is 12.2. The summed E-state index contributed by atoms with van der Waals surface area (Å²) < 4.78 is 1.04. The molecule has 0 aliphatic carbocycles. The Kier molecular flexibility index (Phi) is 5.76. The van der Waals surface area contributed by atoms with E-state index in [1.54, 1.807) is 22.4 Å². The van der Waals surface area contributed by atoms with E-state index in [2.05, 4.69) is 25.9 Å². The van der Waals surface area contributed by atoms with E-state index in [0.717, 1.165) is 20.9 Å². The van der Waals surface area contributed by atoms with Gasteiger partial charge in [-0.2, -0.15) is 0 Å². The average Bonchev–Trinajstić information content (AvgIpc) is 3.25. The van der Waals surface area contributed by atoms with E-state index in [9.17, 15) is 4.79 Å². The van der Waals surface area contributed by atoms with Crippen molar-refractivity contribution in [3.63, 3.8) is 0 Å². The summed E-state index contributed by atoms with van der Waals surface area (Å²) in [6, 6.07) is 12.1. The fraction of sp³-hybridized carbons (Fsp3) is 0.176. The van der Waals surface area contributed by atoms with Gasteiger partial charge in [-0.15, -0.1) is 11.3 Å². The molecule has 0 saturated carbocycles. The van der Waals surface area contributed by atoms with E-state index < -0.39 is 0 Å². The number of thiophene rings is 1. The second-order valence-corrected chi connectivity index (χ2v) is 8.14. The maximum Gasteiger partial charge on any atom is 0.233 e. The standard InChI is InChI=1S/C17H16BrN3OS2/c1-21(10-14-3-2-8-23-14)16(22)11-24-17-19-9-15(20-17)12-4-6-13(18)7-5-12/h2-9H,10-11H2,1H3,(H,19,20). The number of thioether (sulfide) groups is 1. The van der Waals surface area contributed by atoms with Crippen molar-refractivity contribution in [1.82, 2.24) is 14.9 Å². The monoisotopic (exact) mass is 421 g/mol. The average molecular weight is 422 g/mol. The molecule has 24 heavy (non-hydrogen) atoms. The van der Waals surface area contributed by atoms with Crippen LogP contribution in [0.15, 0.2) is 57.6 Å². The molecule has 7 heteroatoms. The third-order valence-electron chi connectivity index (χ3n) is 3.44. The van der Waals surface area contributed by atoms with Gasteiger partial charge in [0.2, 0.25) is 5.91 Å². The van der Waals surface area contributed by atoms with E-state index in [0.29, 0.717) is 12.3 Å². The van der Waals surface area contributed by atoms with Crippen molar-refractivity contribution >= 4 is 44.9 Å². The Balaban J connectivity index is 1.55. The molecule has 0 bridgehead atoms. The zero-order chi connectivity index (χ0) is 16.9.